The zero-order valence-electron chi connectivity index (χ0n) is 12.7. The third-order valence-electron chi connectivity index (χ3n) is 4.12. The molecule has 1 saturated heterocycles. The van der Waals surface area contributed by atoms with Crippen LogP contribution in [0.25, 0.3) is 0 Å². The lowest BCUT2D eigenvalue weighted by Gasteiger charge is -2.41. The Labute approximate surface area is 130 Å². The molecule has 5 nitrogen and oxygen atoms in total. The average Bonchev–Trinajstić information content (AvgIpc) is 2.55. The summed E-state index contributed by atoms with van der Waals surface area (Å²) < 4.78 is 0. The molecule has 114 valence electrons. The molecule has 0 bridgehead atoms. The van der Waals surface area contributed by atoms with Gasteiger partial charge in [0.15, 0.2) is 0 Å². The fourth-order valence-electron chi connectivity index (χ4n) is 2.97. The molecule has 1 unspecified atom stereocenters. The van der Waals surface area contributed by atoms with E-state index < -0.39 is 0 Å². The Morgan fingerprint density at radius 2 is 1.95 bits per heavy atom. The number of aromatic nitrogens is 1. The van der Waals surface area contributed by atoms with Crippen molar-refractivity contribution in [3.63, 3.8) is 0 Å². The molecule has 2 heterocycles. The van der Waals surface area contributed by atoms with Gasteiger partial charge in [0, 0.05) is 25.8 Å². The molecule has 0 aliphatic carbocycles. The van der Waals surface area contributed by atoms with Crippen LogP contribution in [0.5, 0.6) is 0 Å². The summed E-state index contributed by atoms with van der Waals surface area (Å²) in [5.41, 5.74) is 7.70. The van der Waals surface area contributed by atoms with Crippen molar-refractivity contribution in [2.45, 2.75) is 6.04 Å². The van der Waals surface area contributed by atoms with Gasteiger partial charge in [0.2, 0.25) is 0 Å². The minimum atomic E-state index is 0.0637. The number of piperazine rings is 1. The van der Waals surface area contributed by atoms with Gasteiger partial charge in [-0.3, -0.25) is 5.41 Å². The molecule has 1 aliphatic heterocycles. The zero-order valence-corrected chi connectivity index (χ0v) is 12.7. The molecule has 1 aromatic heterocycles. The molecule has 1 aromatic carbocycles. The predicted octanol–water partition coefficient (Wildman–Crippen LogP) is 1.86. The zero-order chi connectivity index (χ0) is 15.5. The topological polar surface area (TPSA) is 69.2 Å². The first-order valence-corrected chi connectivity index (χ1v) is 7.46. The lowest BCUT2D eigenvalue weighted by atomic mass is 10.0. The standard InChI is InChI=1S/C17H21N5/c1-21-10-11-22(15(12-21)13-6-3-2-4-7-13)17-14(16(18)19)8-5-9-20-17/h2-9,15H,10-12H2,1H3,(H3,18,19). The average molecular weight is 295 g/mol. The molecule has 3 rings (SSSR count). The highest BCUT2D eigenvalue weighted by Crippen LogP contribution is 2.30. The summed E-state index contributed by atoms with van der Waals surface area (Å²) in [6, 6.07) is 14.4. The number of likely N-dealkylation sites (N-methyl/N-ethyl adjacent to an activating group) is 1. The Balaban J connectivity index is 2.02. The predicted molar refractivity (Wildman–Crippen MR) is 89.3 cm³/mol. The second kappa shape index (κ2) is 6.15. The monoisotopic (exact) mass is 295 g/mol. The highest BCUT2D eigenvalue weighted by atomic mass is 15.3. The first-order chi connectivity index (χ1) is 10.7. The number of hydrogen-bond donors (Lipinski definition) is 2. The number of nitrogens with zero attached hydrogens (tertiary/aromatic N) is 3. The number of nitrogen functional groups attached to an aromatic ring is 1. The Bertz CT molecular complexity index is 655. The summed E-state index contributed by atoms with van der Waals surface area (Å²) in [5, 5.41) is 7.81. The van der Waals surface area contributed by atoms with Gasteiger partial charge >= 0.3 is 0 Å². The van der Waals surface area contributed by atoms with Gasteiger partial charge in [0.25, 0.3) is 0 Å². The van der Waals surface area contributed by atoms with Gasteiger partial charge in [-0.15, -0.1) is 0 Å². The molecule has 0 spiro atoms. The quantitative estimate of drug-likeness (QED) is 0.670. The molecule has 1 fully saturated rings. The number of amidine groups is 1. The lowest BCUT2D eigenvalue weighted by molar-refractivity contribution is 0.268. The first kappa shape index (κ1) is 14.5. The van der Waals surface area contributed by atoms with Crippen LogP contribution < -0.4 is 10.6 Å². The maximum Gasteiger partial charge on any atom is 0.140 e. The van der Waals surface area contributed by atoms with Crippen molar-refractivity contribution in [1.82, 2.24) is 9.88 Å². The van der Waals surface area contributed by atoms with Crippen molar-refractivity contribution in [3.05, 3.63) is 59.8 Å². The van der Waals surface area contributed by atoms with E-state index in [-0.39, 0.29) is 11.9 Å². The van der Waals surface area contributed by atoms with Crippen molar-refractivity contribution >= 4 is 11.7 Å². The summed E-state index contributed by atoms with van der Waals surface area (Å²) in [6.07, 6.45) is 1.77. The summed E-state index contributed by atoms with van der Waals surface area (Å²) in [5.74, 6) is 0.866. The van der Waals surface area contributed by atoms with Crippen LogP contribution in [-0.2, 0) is 0 Å². The number of nitrogens with two attached hydrogens (primary N) is 1. The summed E-state index contributed by atoms with van der Waals surface area (Å²) in [7, 11) is 2.14. The van der Waals surface area contributed by atoms with E-state index in [4.69, 9.17) is 11.1 Å². The van der Waals surface area contributed by atoms with E-state index in [0.717, 1.165) is 25.5 Å². The molecule has 1 atom stereocenters. The number of hydrogen-bond acceptors (Lipinski definition) is 4. The van der Waals surface area contributed by atoms with E-state index in [0.29, 0.717) is 5.56 Å². The second-order valence-electron chi connectivity index (χ2n) is 5.67. The van der Waals surface area contributed by atoms with Gasteiger partial charge in [-0.2, -0.15) is 0 Å². The van der Waals surface area contributed by atoms with Crippen LogP contribution >= 0.6 is 0 Å². The Morgan fingerprint density at radius 1 is 1.18 bits per heavy atom. The summed E-state index contributed by atoms with van der Waals surface area (Å²) in [4.78, 5) is 9.10. The summed E-state index contributed by atoms with van der Waals surface area (Å²) >= 11 is 0. The third-order valence-corrected chi connectivity index (χ3v) is 4.12. The van der Waals surface area contributed by atoms with Crippen molar-refractivity contribution < 1.29 is 0 Å². The molecular formula is C17H21N5. The molecule has 0 radical (unpaired) electrons. The van der Waals surface area contributed by atoms with Gasteiger partial charge in [-0.1, -0.05) is 30.3 Å². The molecule has 0 amide bonds. The van der Waals surface area contributed by atoms with Gasteiger partial charge in [-0.05, 0) is 24.7 Å². The van der Waals surface area contributed by atoms with Crippen LogP contribution in [0.4, 0.5) is 5.82 Å². The van der Waals surface area contributed by atoms with E-state index >= 15 is 0 Å². The molecule has 3 N–H and O–H groups in total. The van der Waals surface area contributed by atoms with E-state index in [1.54, 1.807) is 6.20 Å². The van der Waals surface area contributed by atoms with E-state index in [1.807, 2.05) is 18.2 Å². The number of rotatable bonds is 3. The van der Waals surface area contributed by atoms with E-state index in [9.17, 15) is 0 Å². The van der Waals surface area contributed by atoms with Crippen LogP contribution in [0.1, 0.15) is 17.2 Å². The number of pyridine rings is 1. The fraction of sp³-hybridized carbons (Fsp3) is 0.294. The van der Waals surface area contributed by atoms with E-state index in [2.05, 4.69) is 46.1 Å². The SMILES string of the molecule is CN1CCN(c2ncccc2C(=N)N)C(c2ccccc2)C1. The van der Waals surface area contributed by atoms with Crippen LogP contribution in [0, 0.1) is 5.41 Å². The normalized spacial score (nSPS) is 19.1. The maximum atomic E-state index is 7.81. The first-order valence-electron chi connectivity index (χ1n) is 7.46. The fourth-order valence-corrected chi connectivity index (χ4v) is 2.97. The maximum absolute atomic E-state index is 7.81. The van der Waals surface area contributed by atoms with Crippen LogP contribution in [0.15, 0.2) is 48.7 Å². The van der Waals surface area contributed by atoms with Crippen molar-refractivity contribution in [1.29, 1.82) is 5.41 Å². The van der Waals surface area contributed by atoms with Gasteiger partial charge in [-0.25, -0.2) is 4.98 Å². The Hall–Kier alpha value is -2.40. The minimum absolute atomic E-state index is 0.0637. The van der Waals surface area contributed by atoms with Crippen molar-refractivity contribution in [3.8, 4) is 0 Å². The van der Waals surface area contributed by atoms with Crippen molar-refractivity contribution in [2.24, 2.45) is 5.73 Å². The molecule has 2 aromatic rings. The highest BCUT2D eigenvalue weighted by molar-refractivity contribution is 5.99. The Morgan fingerprint density at radius 3 is 2.68 bits per heavy atom. The van der Waals surface area contributed by atoms with Gasteiger partial charge < -0.3 is 15.5 Å². The largest absolute Gasteiger partial charge is 0.384 e. The third kappa shape index (κ3) is 2.80. The Kier molecular flexibility index (Phi) is 4.06. The minimum Gasteiger partial charge on any atom is -0.384 e. The molecule has 22 heavy (non-hydrogen) atoms. The second-order valence-corrected chi connectivity index (χ2v) is 5.67. The van der Waals surface area contributed by atoms with Gasteiger partial charge in [0.05, 0.1) is 11.6 Å². The highest BCUT2D eigenvalue weighted by Gasteiger charge is 2.29. The number of benzene rings is 1. The number of nitrogens with one attached hydrogen (secondary N) is 1. The summed E-state index contributed by atoms with van der Waals surface area (Å²) in [6.45, 7) is 2.77. The molecule has 5 heteroatoms. The lowest BCUT2D eigenvalue weighted by Crippen LogP contribution is -2.47. The molecular weight excluding hydrogens is 274 g/mol. The van der Waals surface area contributed by atoms with Crippen LogP contribution in [0.3, 0.4) is 0 Å². The number of anilines is 1. The molecule has 0 saturated carbocycles. The van der Waals surface area contributed by atoms with E-state index in [1.165, 1.54) is 5.56 Å². The van der Waals surface area contributed by atoms with Crippen molar-refractivity contribution in [2.75, 3.05) is 31.6 Å². The van der Waals surface area contributed by atoms with Crippen LogP contribution in [-0.4, -0.2) is 42.4 Å². The molecule has 1 aliphatic rings. The van der Waals surface area contributed by atoms with Gasteiger partial charge in [0.1, 0.15) is 11.7 Å². The smallest absolute Gasteiger partial charge is 0.140 e. The van der Waals surface area contributed by atoms with Crippen LogP contribution in [0.2, 0.25) is 0 Å².